The number of nitrogens with two attached hydrogens (primary N) is 1. The highest BCUT2D eigenvalue weighted by Gasteiger charge is 2.17. The molecule has 0 fully saturated rings. The fourth-order valence-electron chi connectivity index (χ4n) is 4.70. The maximum Gasteiger partial charge on any atom is 0.255 e. The topological polar surface area (TPSA) is 116 Å². The Hall–Kier alpha value is -5.00. The van der Waals surface area contributed by atoms with Crippen LogP contribution in [-0.4, -0.2) is 24.0 Å². The Balaban J connectivity index is 1.48. The van der Waals surface area contributed by atoms with Gasteiger partial charge < -0.3 is 21.7 Å². The van der Waals surface area contributed by atoms with E-state index in [9.17, 15) is 14.4 Å². The second kappa shape index (κ2) is 14.1. The normalized spacial score (nSPS) is 14.4. The van der Waals surface area contributed by atoms with Crippen LogP contribution in [0, 0.1) is 17.1 Å². The van der Waals surface area contributed by atoms with Crippen LogP contribution in [0.15, 0.2) is 102 Å². The minimum atomic E-state index is -0.389. The van der Waals surface area contributed by atoms with E-state index in [2.05, 4.69) is 45.7 Å². The van der Waals surface area contributed by atoms with Crippen LogP contribution >= 0.6 is 0 Å². The molecule has 1 aliphatic rings. The second-order valence-corrected chi connectivity index (χ2v) is 10.0. The Morgan fingerprint density at radius 1 is 1.24 bits per heavy atom. The van der Waals surface area contributed by atoms with Gasteiger partial charge in [-0.1, -0.05) is 55.1 Å². The molecule has 42 heavy (non-hydrogen) atoms. The van der Waals surface area contributed by atoms with Crippen LogP contribution in [0.25, 0.3) is 5.57 Å². The van der Waals surface area contributed by atoms with E-state index in [-0.39, 0.29) is 28.9 Å². The smallest absolute Gasteiger partial charge is 0.255 e. The van der Waals surface area contributed by atoms with Crippen molar-refractivity contribution in [2.45, 2.75) is 32.9 Å². The van der Waals surface area contributed by atoms with Crippen molar-refractivity contribution in [1.29, 1.82) is 5.26 Å². The lowest BCUT2D eigenvalue weighted by molar-refractivity contribution is 0.0940. The van der Waals surface area contributed by atoms with Gasteiger partial charge in [0.15, 0.2) is 0 Å². The van der Waals surface area contributed by atoms with Gasteiger partial charge in [-0.3, -0.25) is 4.79 Å². The molecule has 0 radical (unpaired) electrons. The van der Waals surface area contributed by atoms with E-state index in [1.165, 1.54) is 30.0 Å². The van der Waals surface area contributed by atoms with Gasteiger partial charge in [0.25, 0.3) is 5.91 Å². The number of aromatic nitrogens is 1. The molecule has 0 aliphatic carbocycles. The number of allylic oxidation sites excluding steroid dienone is 4. The molecular formula is C34H35FN6O. The molecule has 3 aromatic rings. The first-order valence-electron chi connectivity index (χ1n) is 13.8. The van der Waals surface area contributed by atoms with Gasteiger partial charge in [-0.15, -0.1) is 0 Å². The molecule has 4 rings (SSSR count). The molecule has 0 saturated heterocycles. The summed E-state index contributed by atoms with van der Waals surface area (Å²) >= 11 is 0. The van der Waals surface area contributed by atoms with Gasteiger partial charge in [0.05, 0.1) is 17.2 Å². The van der Waals surface area contributed by atoms with E-state index >= 15 is 0 Å². The number of pyridine rings is 1. The monoisotopic (exact) mass is 562 g/mol. The molecule has 0 bridgehead atoms. The van der Waals surface area contributed by atoms with E-state index in [0.717, 1.165) is 47.3 Å². The molecule has 0 saturated carbocycles. The van der Waals surface area contributed by atoms with Crippen molar-refractivity contribution in [1.82, 2.24) is 15.6 Å². The third-order valence-electron chi connectivity index (χ3n) is 7.09. The van der Waals surface area contributed by atoms with Crippen LogP contribution in [0.2, 0.25) is 0 Å². The van der Waals surface area contributed by atoms with Crippen LogP contribution < -0.4 is 21.7 Å². The summed E-state index contributed by atoms with van der Waals surface area (Å²) in [6, 6.07) is 17.2. The van der Waals surface area contributed by atoms with Gasteiger partial charge >= 0.3 is 0 Å². The van der Waals surface area contributed by atoms with Gasteiger partial charge in [0.2, 0.25) is 0 Å². The average molecular weight is 563 g/mol. The highest BCUT2D eigenvalue weighted by Crippen LogP contribution is 2.26. The number of benzene rings is 2. The number of amides is 1. The Morgan fingerprint density at radius 2 is 1.98 bits per heavy atom. The molecule has 214 valence electrons. The summed E-state index contributed by atoms with van der Waals surface area (Å²) in [7, 11) is 0. The third kappa shape index (κ3) is 7.59. The Labute approximate surface area is 246 Å². The first-order chi connectivity index (χ1) is 20.3. The van der Waals surface area contributed by atoms with Gasteiger partial charge in [-0.05, 0) is 78.9 Å². The molecule has 2 heterocycles. The van der Waals surface area contributed by atoms with Crippen molar-refractivity contribution in [2.24, 2.45) is 5.73 Å². The van der Waals surface area contributed by atoms with Crippen LogP contribution in [0.4, 0.5) is 10.2 Å². The van der Waals surface area contributed by atoms with Gasteiger partial charge in [0.1, 0.15) is 17.7 Å². The quantitative estimate of drug-likeness (QED) is 0.228. The molecule has 5 N–H and O–H groups in total. The van der Waals surface area contributed by atoms with E-state index in [1.807, 2.05) is 44.2 Å². The van der Waals surface area contributed by atoms with Crippen LogP contribution in [-0.2, 0) is 6.54 Å². The summed E-state index contributed by atoms with van der Waals surface area (Å²) in [5, 5.41) is 18.8. The number of halogens is 1. The predicted molar refractivity (Wildman–Crippen MR) is 166 cm³/mol. The minimum Gasteiger partial charge on any atom is -0.399 e. The maximum atomic E-state index is 13.3. The van der Waals surface area contributed by atoms with Crippen molar-refractivity contribution in [2.75, 3.05) is 18.4 Å². The first-order valence-corrected chi connectivity index (χ1v) is 13.8. The summed E-state index contributed by atoms with van der Waals surface area (Å²) < 4.78 is 13.3. The Kier molecular flexibility index (Phi) is 10.0. The van der Waals surface area contributed by atoms with Gasteiger partial charge in [-0.25, -0.2) is 9.37 Å². The number of carbonyl (C=O) groups is 1. The van der Waals surface area contributed by atoms with E-state index < -0.39 is 0 Å². The number of carbonyl (C=O) groups excluding carboxylic acids is 1. The lowest BCUT2D eigenvalue weighted by Crippen LogP contribution is -2.28. The summed E-state index contributed by atoms with van der Waals surface area (Å²) in [5.41, 5.74) is 13.2. The predicted octanol–water partition coefficient (Wildman–Crippen LogP) is 5.92. The number of rotatable bonds is 10. The molecule has 7 nitrogen and oxygen atoms in total. The van der Waals surface area contributed by atoms with Crippen LogP contribution in [0.5, 0.6) is 0 Å². The SMILES string of the molecule is C=C(N)/C(=C\C(=C/C)c1ccc(CNc2ncc(C#N)cc2C(=O)NC(C)c2ccc(F)cc2)cc1)C1=CCNCC1. The average Bonchev–Trinajstić information content (AvgIpc) is 3.01. The van der Waals surface area contributed by atoms with E-state index in [4.69, 9.17) is 5.73 Å². The summed E-state index contributed by atoms with van der Waals surface area (Å²) in [4.78, 5) is 17.5. The lowest BCUT2D eigenvalue weighted by atomic mass is 9.93. The van der Waals surface area contributed by atoms with E-state index in [0.29, 0.717) is 18.1 Å². The zero-order valence-electron chi connectivity index (χ0n) is 23.9. The van der Waals surface area contributed by atoms with E-state index in [1.54, 1.807) is 12.1 Å². The number of nitrogens with one attached hydrogen (secondary N) is 3. The summed E-state index contributed by atoms with van der Waals surface area (Å²) in [6.45, 7) is 9.94. The zero-order chi connectivity index (χ0) is 30.1. The Bertz CT molecular complexity index is 1580. The molecule has 1 amide bonds. The first kappa shape index (κ1) is 30.0. The molecule has 1 aromatic heterocycles. The molecule has 2 aromatic carbocycles. The molecule has 1 atom stereocenters. The molecule has 0 spiro atoms. The van der Waals surface area contributed by atoms with Crippen molar-refractivity contribution >= 4 is 17.3 Å². The summed E-state index contributed by atoms with van der Waals surface area (Å²) in [6.07, 6.45) is 8.63. The van der Waals surface area contributed by atoms with Gasteiger partial charge in [-0.2, -0.15) is 5.26 Å². The minimum absolute atomic E-state index is 0.253. The highest BCUT2D eigenvalue weighted by atomic mass is 19.1. The van der Waals surface area contributed by atoms with Crippen LogP contribution in [0.3, 0.4) is 0 Å². The van der Waals surface area contributed by atoms with Crippen LogP contribution in [0.1, 0.15) is 58.9 Å². The number of hydrogen-bond donors (Lipinski definition) is 4. The largest absolute Gasteiger partial charge is 0.399 e. The lowest BCUT2D eigenvalue weighted by Gasteiger charge is -2.18. The standard InChI is InChI=1S/C34H35FN6O/c1-4-26(18-31(22(2)37)29-13-15-38-16-14-29)28-7-5-24(6-8-28)20-39-33-32(17-25(19-36)21-40-33)34(42)41-23(3)27-9-11-30(35)12-10-27/h4-13,17-18,21,23,38H,2,14-16,20,37H2,1,3H3,(H,39,40)(H,41,42)/b26-4+,31-18+. The molecule has 1 unspecified atom stereocenters. The van der Waals surface area contributed by atoms with Crippen molar-refractivity contribution in [3.05, 3.63) is 136 Å². The third-order valence-corrected chi connectivity index (χ3v) is 7.09. The highest BCUT2D eigenvalue weighted by molar-refractivity contribution is 5.99. The summed E-state index contributed by atoms with van der Waals surface area (Å²) in [5.74, 6) is -0.373. The number of nitriles is 1. The molecule has 1 aliphatic heterocycles. The number of nitrogens with zero attached hydrogens (tertiary/aromatic N) is 2. The zero-order valence-corrected chi connectivity index (χ0v) is 23.9. The number of hydrogen-bond acceptors (Lipinski definition) is 6. The Morgan fingerprint density at radius 3 is 2.60 bits per heavy atom. The molecule has 8 heteroatoms. The van der Waals surface area contributed by atoms with Gasteiger partial charge in [0, 0.05) is 30.6 Å². The maximum absolute atomic E-state index is 13.3. The van der Waals surface area contributed by atoms with Crippen molar-refractivity contribution < 1.29 is 9.18 Å². The number of anilines is 1. The fourth-order valence-corrected chi connectivity index (χ4v) is 4.70. The van der Waals surface area contributed by atoms with Crippen molar-refractivity contribution in [3.63, 3.8) is 0 Å². The fraction of sp³-hybridized carbons (Fsp3) is 0.206. The van der Waals surface area contributed by atoms with Crippen molar-refractivity contribution in [3.8, 4) is 6.07 Å². The molecular weight excluding hydrogens is 527 g/mol. The second-order valence-electron chi connectivity index (χ2n) is 10.0.